The zero-order valence-corrected chi connectivity index (χ0v) is 12.6. The fourth-order valence-electron chi connectivity index (χ4n) is 5.13. The van der Waals surface area contributed by atoms with Gasteiger partial charge in [-0.25, -0.2) is 0 Å². The van der Waals surface area contributed by atoms with E-state index in [1.54, 1.807) is 11.1 Å². The average Bonchev–Trinajstić information content (AvgIpc) is 3.22. The number of nitrogens with two attached hydrogens (primary N) is 1. The zero-order valence-electron chi connectivity index (χ0n) is 12.6. The van der Waals surface area contributed by atoms with E-state index in [0.717, 1.165) is 29.6 Å². The summed E-state index contributed by atoms with van der Waals surface area (Å²) in [6.45, 7) is 2.40. The molecular formula is C19H27N. The van der Waals surface area contributed by atoms with Crippen LogP contribution in [0.2, 0.25) is 0 Å². The van der Waals surface area contributed by atoms with Crippen LogP contribution in [-0.4, -0.2) is 6.04 Å². The monoisotopic (exact) mass is 269 g/mol. The summed E-state index contributed by atoms with van der Waals surface area (Å²) in [5.41, 5.74) is 9.95. The zero-order chi connectivity index (χ0) is 13.7. The second-order valence-electron chi connectivity index (χ2n) is 7.60. The summed E-state index contributed by atoms with van der Waals surface area (Å²) in [6.07, 6.45) is 8.21. The lowest BCUT2D eigenvalue weighted by molar-refractivity contribution is 0.236. The summed E-state index contributed by atoms with van der Waals surface area (Å²) in [5, 5.41) is 0. The van der Waals surface area contributed by atoms with Crippen molar-refractivity contribution < 1.29 is 0 Å². The molecule has 0 bridgehead atoms. The molecule has 0 heterocycles. The highest BCUT2D eigenvalue weighted by Gasteiger charge is 2.56. The van der Waals surface area contributed by atoms with Crippen LogP contribution in [0.15, 0.2) is 24.3 Å². The van der Waals surface area contributed by atoms with Gasteiger partial charge in [0.15, 0.2) is 0 Å². The first-order valence-electron chi connectivity index (χ1n) is 8.59. The molecule has 4 unspecified atom stereocenters. The molecule has 0 spiro atoms. The Labute approximate surface area is 122 Å². The Hall–Kier alpha value is -0.820. The molecule has 2 saturated carbocycles. The Morgan fingerprint density at radius 1 is 1.05 bits per heavy atom. The second-order valence-corrected chi connectivity index (χ2v) is 7.60. The molecule has 0 amide bonds. The number of fused-ring (bicyclic) bond motifs is 3. The molecule has 0 radical (unpaired) electrons. The smallest absolute Gasteiger partial charge is 0.0104 e. The van der Waals surface area contributed by atoms with Gasteiger partial charge in [0.25, 0.3) is 0 Å². The minimum atomic E-state index is 0.462. The van der Waals surface area contributed by atoms with Crippen LogP contribution in [-0.2, 0) is 6.42 Å². The highest BCUT2D eigenvalue weighted by atomic mass is 14.8. The number of rotatable bonds is 2. The van der Waals surface area contributed by atoms with Gasteiger partial charge >= 0.3 is 0 Å². The highest BCUT2D eigenvalue weighted by molar-refractivity contribution is 5.40. The van der Waals surface area contributed by atoms with Crippen LogP contribution in [0.5, 0.6) is 0 Å². The van der Waals surface area contributed by atoms with Crippen molar-refractivity contribution in [2.75, 3.05) is 0 Å². The van der Waals surface area contributed by atoms with E-state index >= 15 is 0 Å². The van der Waals surface area contributed by atoms with Gasteiger partial charge in [0.05, 0.1) is 0 Å². The summed E-state index contributed by atoms with van der Waals surface area (Å²) in [4.78, 5) is 0. The van der Waals surface area contributed by atoms with Gasteiger partial charge < -0.3 is 5.73 Å². The van der Waals surface area contributed by atoms with Crippen LogP contribution in [0.1, 0.15) is 56.1 Å². The molecule has 3 aliphatic carbocycles. The predicted octanol–water partition coefficient (Wildman–Crippen LogP) is 4.12. The molecule has 4 rings (SSSR count). The SMILES string of the molecule is CC1CCC(C(N)C2C3CCc4ccccc4C32)CC1. The number of hydrogen-bond acceptors (Lipinski definition) is 1. The van der Waals surface area contributed by atoms with Gasteiger partial charge in [-0.05, 0) is 66.4 Å². The molecule has 2 fully saturated rings. The maximum Gasteiger partial charge on any atom is 0.0104 e. The minimum absolute atomic E-state index is 0.462. The van der Waals surface area contributed by atoms with Crippen molar-refractivity contribution in [1.29, 1.82) is 0 Å². The van der Waals surface area contributed by atoms with Crippen molar-refractivity contribution in [3.05, 3.63) is 35.4 Å². The van der Waals surface area contributed by atoms with Crippen molar-refractivity contribution in [2.45, 2.75) is 57.4 Å². The Kier molecular flexibility index (Phi) is 3.14. The third-order valence-electron chi connectivity index (χ3n) is 6.44. The summed E-state index contributed by atoms with van der Waals surface area (Å²) in [6, 6.07) is 9.56. The van der Waals surface area contributed by atoms with E-state index in [-0.39, 0.29) is 0 Å². The Balaban J connectivity index is 1.49. The summed E-state index contributed by atoms with van der Waals surface area (Å²) in [5.74, 6) is 4.22. The summed E-state index contributed by atoms with van der Waals surface area (Å²) < 4.78 is 0. The molecule has 0 aromatic heterocycles. The molecule has 2 N–H and O–H groups in total. The molecule has 3 aliphatic rings. The maximum atomic E-state index is 6.72. The van der Waals surface area contributed by atoms with Gasteiger partial charge in [0.1, 0.15) is 0 Å². The molecule has 1 heteroatoms. The third kappa shape index (κ3) is 2.02. The normalized spacial score (nSPS) is 40.6. The van der Waals surface area contributed by atoms with Crippen LogP contribution in [0.25, 0.3) is 0 Å². The van der Waals surface area contributed by atoms with E-state index in [1.165, 1.54) is 38.5 Å². The Morgan fingerprint density at radius 2 is 1.80 bits per heavy atom. The first-order chi connectivity index (χ1) is 9.75. The molecule has 0 aliphatic heterocycles. The summed E-state index contributed by atoms with van der Waals surface area (Å²) in [7, 11) is 0. The van der Waals surface area contributed by atoms with E-state index in [1.807, 2.05) is 0 Å². The third-order valence-corrected chi connectivity index (χ3v) is 6.44. The largest absolute Gasteiger partial charge is 0.327 e. The molecule has 4 atom stereocenters. The molecule has 0 saturated heterocycles. The van der Waals surface area contributed by atoms with Crippen molar-refractivity contribution in [1.82, 2.24) is 0 Å². The van der Waals surface area contributed by atoms with Crippen molar-refractivity contribution in [3.63, 3.8) is 0 Å². The lowest BCUT2D eigenvalue weighted by Crippen LogP contribution is -2.35. The van der Waals surface area contributed by atoms with Gasteiger partial charge in [-0.3, -0.25) is 0 Å². The molecule has 108 valence electrons. The average molecular weight is 269 g/mol. The van der Waals surface area contributed by atoms with Gasteiger partial charge in [-0.2, -0.15) is 0 Å². The lowest BCUT2D eigenvalue weighted by atomic mass is 9.77. The number of aryl methyl sites for hydroxylation is 1. The fraction of sp³-hybridized carbons (Fsp3) is 0.684. The van der Waals surface area contributed by atoms with Crippen LogP contribution in [0, 0.1) is 23.7 Å². The Morgan fingerprint density at radius 3 is 2.60 bits per heavy atom. The van der Waals surface area contributed by atoms with Gasteiger partial charge in [0.2, 0.25) is 0 Å². The second kappa shape index (κ2) is 4.87. The molecular weight excluding hydrogens is 242 g/mol. The van der Waals surface area contributed by atoms with Crippen LogP contribution >= 0.6 is 0 Å². The first kappa shape index (κ1) is 12.9. The van der Waals surface area contributed by atoms with E-state index in [9.17, 15) is 0 Å². The van der Waals surface area contributed by atoms with E-state index in [0.29, 0.717) is 6.04 Å². The predicted molar refractivity (Wildman–Crippen MR) is 83.6 cm³/mol. The summed E-state index contributed by atoms with van der Waals surface area (Å²) >= 11 is 0. The standard InChI is InChI=1S/C19H27N/c1-12-6-8-14(9-7-12)19(20)18-16-11-10-13-4-2-3-5-15(13)17(16)18/h2-5,12,14,16-19H,6-11,20H2,1H3. The van der Waals surface area contributed by atoms with Crippen molar-refractivity contribution in [3.8, 4) is 0 Å². The van der Waals surface area contributed by atoms with Crippen molar-refractivity contribution >= 4 is 0 Å². The molecule has 20 heavy (non-hydrogen) atoms. The van der Waals surface area contributed by atoms with Crippen molar-refractivity contribution in [2.24, 2.45) is 29.4 Å². The van der Waals surface area contributed by atoms with Crippen LogP contribution < -0.4 is 5.73 Å². The Bertz CT molecular complexity index is 486. The van der Waals surface area contributed by atoms with Gasteiger partial charge in [-0.15, -0.1) is 0 Å². The van der Waals surface area contributed by atoms with Gasteiger partial charge in [0, 0.05) is 6.04 Å². The molecule has 1 nitrogen and oxygen atoms in total. The highest BCUT2D eigenvalue weighted by Crippen LogP contribution is 2.62. The van der Waals surface area contributed by atoms with Gasteiger partial charge in [-0.1, -0.05) is 44.0 Å². The van der Waals surface area contributed by atoms with Crippen LogP contribution in [0.3, 0.4) is 0 Å². The first-order valence-corrected chi connectivity index (χ1v) is 8.59. The maximum absolute atomic E-state index is 6.72. The van der Waals surface area contributed by atoms with E-state index in [4.69, 9.17) is 5.73 Å². The number of hydrogen-bond donors (Lipinski definition) is 1. The minimum Gasteiger partial charge on any atom is -0.327 e. The topological polar surface area (TPSA) is 26.0 Å². The molecule has 1 aromatic rings. The molecule has 1 aromatic carbocycles. The number of benzene rings is 1. The van der Waals surface area contributed by atoms with Crippen LogP contribution in [0.4, 0.5) is 0 Å². The quantitative estimate of drug-likeness (QED) is 0.859. The van der Waals surface area contributed by atoms with E-state index in [2.05, 4.69) is 31.2 Å². The fourth-order valence-corrected chi connectivity index (χ4v) is 5.13. The lowest BCUT2D eigenvalue weighted by Gasteiger charge is -2.31. The van der Waals surface area contributed by atoms with E-state index < -0.39 is 0 Å².